The normalized spacial score (nSPS) is 14.3. The van der Waals surface area contributed by atoms with Gasteiger partial charge in [-0.15, -0.1) is 0 Å². The largest absolute Gasteiger partial charge is 0.309 e. The molecule has 102 valence electrons. The van der Waals surface area contributed by atoms with E-state index in [1.54, 1.807) is 0 Å². The molecule has 0 heterocycles. The fourth-order valence-electron chi connectivity index (χ4n) is 1.97. The van der Waals surface area contributed by atoms with E-state index in [0.29, 0.717) is 6.04 Å². The van der Waals surface area contributed by atoms with Crippen LogP contribution in [0.5, 0.6) is 0 Å². The van der Waals surface area contributed by atoms with E-state index < -0.39 is 10.8 Å². The van der Waals surface area contributed by atoms with Crippen molar-refractivity contribution in [2.24, 2.45) is 0 Å². The molecule has 2 unspecified atom stereocenters. The highest BCUT2D eigenvalue weighted by molar-refractivity contribution is 7.84. The van der Waals surface area contributed by atoms with Gasteiger partial charge in [0.15, 0.2) is 0 Å². The van der Waals surface area contributed by atoms with E-state index in [-0.39, 0.29) is 0 Å². The minimum Gasteiger partial charge on any atom is -0.309 e. The van der Waals surface area contributed by atoms with Gasteiger partial charge in [-0.05, 0) is 12.0 Å². The van der Waals surface area contributed by atoms with Crippen LogP contribution in [-0.4, -0.2) is 22.3 Å². The fourth-order valence-corrected chi connectivity index (χ4v) is 2.61. The van der Waals surface area contributed by atoms with Gasteiger partial charge in [0.2, 0.25) is 0 Å². The summed E-state index contributed by atoms with van der Waals surface area (Å²) in [6.45, 7) is 5.03. The van der Waals surface area contributed by atoms with Gasteiger partial charge in [0.05, 0.1) is 0 Å². The fraction of sp³-hybridized carbons (Fsp3) is 0.600. The molecule has 2 atom stereocenters. The van der Waals surface area contributed by atoms with Crippen LogP contribution in [0.4, 0.5) is 0 Å². The van der Waals surface area contributed by atoms with Crippen molar-refractivity contribution < 1.29 is 4.21 Å². The Hall–Kier alpha value is -0.670. The third kappa shape index (κ3) is 5.78. The van der Waals surface area contributed by atoms with Crippen molar-refractivity contribution in [3.05, 3.63) is 35.9 Å². The summed E-state index contributed by atoms with van der Waals surface area (Å²) >= 11 is 0. The molecule has 2 nitrogen and oxygen atoms in total. The van der Waals surface area contributed by atoms with Crippen molar-refractivity contribution >= 4 is 10.8 Å². The second kappa shape index (κ2) is 9.29. The van der Waals surface area contributed by atoms with Crippen LogP contribution < -0.4 is 5.32 Å². The van der Waals surface area contributed by atoms with Gasteiger partial charge in [-0.3, -0.25) is 4.21 Å². The van der Waals surface area contributed by atoms with Gasteiger partial charge in [-0.25, -0.2) is 0 Å². The monoisotopic (exact) mass is 267 g/mol. The molecule has 1 aromatic carbocycles. The third-order valence-electron chi connectivity index (χ3n) is 3.09. The first-order valence-corrected chi connectivity index (χ1v) is 8.40. The first-order valence-electron chi connectivity index (χ1n) is 6.91. The highest BCUT2D eigenvalue weighted by atomic mass is 32.2. The topological polar surface area (TPSA) is 29.1 Å². The standard InChI is InChI=1S/C15H25NOS/c1-3-5-11-15(14-9-7-6-8-10-14)16-12-13-18(17)4-2/h6-10,15-16H,3-5,11-13H2,1-2H3. The summed E-state index contributed by atoms with van der Waals surface area (Å²) in [6, 6.07) is 11.0. The predicted molar refractivity (Wildman–Crippen MR) is 80.3 cm³/mol. The molecule has 0 amide bonds. The summed E-state index contributed by atoms with van der Waals surface area (Å²) in [4.78, 5) is 0. The van der Waals surface area contributed by atoms with Crippen molar-refractivity contribution in [1.82, 2.24) is 5.32 Å². The zero-order chi connectivity index (χ0) is 13.2. The molecule has 0 saturated carbocycles. The van der Waals surface area contributed by atoms with Gasteiger partial charge >= 0.3 is 0 Å². The van der Waals surface area contributed by atoms with Crippen molar-refractivity contribution in [1.29, 1.82) is 0 Å². The molecule has 1 aromatic rings. The first kappa shape index (κ1) is 15.4. The molecule has 0 fully saturated rings. The van der Waals surface area contributed by atoms with E-state index in [9.17, 15) is 4.21 Å². The van der Waals surface area contributed by atoms with Crippen LogP contribution in [0.1, 0.15) is 44.7 Å². The van der Waals surface area contributed by atoms with E-state index in [4.69, 9.17) is 0 Å². The van der Waals surface area contributed by atoms with Crippen LogP contribution in [0.25, 0.3) is 0 Å². The molecule has 1 rings (SSSR count). The van der Waals surface area contributed by atoms with E-state index in [1.807, 2.05) is 13.0 Å². The van der Waals surface area contributed by atoms with Crippen molar-refractivity contribution in [2.45, 2.75) is 39.2 Å². The number of benzene rings is 1. The number of nitrogens with one attached hydrogen (secondary N) is 1. The maximum atomic E-state index is 11.4. The molecule has 0 radical (unpaired) electrons. The zero-order valence-electron chi connectivity index (χ0n) is 11.5. The minimum atomic E-state index is -0.668. The van der Waals surface area contributed by atoms with Crippen LogP contribution in [0.2, 0.25) is 0 Å². The highest BCUT2D eigenvalue weighted by Gasteiger charge is 2.09. The maximum Gasteiger partial charge on any atom is 0.0360 e. The van der Waals surface area contributed by atoms with Crippen LogP contribution in [0.15, 0.2) is 30.3 Å². The van der Waals surface area contributed by atoms with Crippen molar-refractivity contribution in [3.8, 4) is 0 Å². The molecule has 0 aliphatic carbocycles. The molecule has 0 saturated heterocycles. The Bertz CT molecular complexity index is 340. The average Bonchev–Trinajstić information content (AvgIpc) is 2.43. The summed E-state index contributed by atoms with van der Waals surface area (Å²) in [5.74, 6) is 1.51. The highest BCUT2D eigenvalue weighted by Crippen LogP contribution is 2.18. The predicted octanol–water partition coefficient (Wildman–Crippen LogP) is 3.28. The lowest BCUT2D eigenvalue weighted by atomic mass is 10.0. The number of hydrogen-bond donors (Lipinski definition) is 1. The van der Waals surface area contributed by atoms with Gasteiger partial charge in [-0.2, -0.15) is 0 Å². The Balaban J connectivity index is 2.48. The van der Waals surface area contributed by atoms with E-state index in [0.717, 1.165) is 24.5 Å². The number of hydrogen-bond acceptors (Lipinski definition) is 2. The molecule has 0 aliphatic rings. The number of unbranched alkanes of at least 4 members (excludes halogenated alkanes) is 1. The first-order chi connectivity index (χ1) is 8.77. The second-order valence-electron chi connectivity index (χ2n) is 4.49. The molecular weight excluding hydrogens is 242 g/mol. The Morgan fingerprint density at radius 3 is 2.56 bits per heavy atom. The molecule has 0 aliphatic heterocycles. The lowest BCUT2D eigenvalue weighted by molar-refractivity contribution is 0.495. The van der Waals surface area contributed by atoms with Crippen LogP contribution >= 0.6 is 0 Å². The Morgan fingerprint density at radius 2 is 1.94 bits per heavy atom. The lowest BCUT2D eigenvalue weighted by Gasteiger charge is -2.19. The summed E-state index contributed by atoms with van der Waals surface area (Å²) in [6.07, 6.45) is 3.59. The SMILES string of the molecule is CCCCC(NCCS(=O)CC)c1ccccc1. The van der Waals surface area contributed by atoms with E-state index >= 15 is 0 Å². The van der Waals surface area contributed by atoms with Crippen molar-refractivity contribution in [3.63, 3.8) is 0 Å². The van der Waals surface area contributed by atoms with Gasteiger partial charge in [0.25, 0.3) is 0 Å². The van der Waals surface area contributed by atoms with Crippen LogP contribution in [0.3, 0.4) is 0 Å². The maximum absolute atomic E-state index is 11.4. The van der Waals surface area contributed by atoms with Gasteiger partial charge < -0.3 is 5.32 Å². The van der Waals surface area contributed by atoms with Crippen LogP contribution in [-0.2, 0) is 10.8 Å². The Labute approximate surface area is 114 Å². The van der Waals surface area contributed by atoms with E-state index in [2.05, 4.69) is 36.5 Å². The van der Waals surface area contributed by atoms with Crippen molar-refractivity contribution in [2.75, 3.05) is 18.1 Å². The average molecular weight is 267 g/mol. The molecule has 0 spiro atoms. The Kier molecular flexibility index (Phi) is 7.94. The molecule has 3 heteroatoms. The quantitative estimate of drug-likeness (QED) is 0.744. The van der Waals surface area contributed by atoms with Gasteiger partial charge in [0.1, 0.15) is 0 Å². The molecular formula is C15H25NOS. The number of rotatable bonds is 9. The summed E-state index contributed by atoms with van der Waals surface area (Å²) in [5.41, 5.74) is 1.34. The zero-order valence-corrected chi connectivity index (χ0v) is 12.3. The minimum absolute atomic E-state index is 0.403. The van der Waals surface area contributed by atoms with E-state index in [1.165, 1.54) is 18.4 Å². The molecule has 0 aromatic heterocycles. The molecule has 0 bridgehead atoms. The van der Waals surface area contributed by atoms with Crippen LogP contribution in [0, 0.1) is 0 Å². The molecule has 18 heavy (non-hydrogen) atoms. The lowest BCUT2D eigenvalue weighted by Crippen LogP contribution is -2.26. The summed E-state index contributed by atoms with van der Waals surface area (Å²) in [7, 11) is -0.668. The Morgan fingerprint density at radius 1 is 1.22 bits per heavy atom. The second-order valence-corrected chi connectivity index (χ2v) is 6.36. The van der Waals surface area contributed by atoms with Gasteiger partial charge in [-0.1, -0.05) is 57.0 Å². The van der Waals surface area contributed by atoms with Gasteiger partial charge in [0, 0.05) is 34.9 Å². The third-order valence-corrected chi connectivity index (χ3v) is 4.39. The summed E-state index contributed by atoms with van der Waals surface area (Å²) in [5, 5.41) is 3.54. The smallest absolute Gasteiger partial charge is 0.0360 e. The molecule has 1 N–H and O–H groups in total. The summed E-state index contributed by atoms with van der Waals surface area (Å²) < 4.78 is 11.4.